The van der Waals surface area contributed by atoms with Crippen LogP contribution in [-0.2, 0) is 5.75 Å². The quantitative estimate of drug-likeness (QED) is 0.842. The zero-order valence-electron chi connectivity index (χ0n) is 8.82. The smallest absolute Gasteiger partial charge is 0.130 e. The van der Waals surface area contributed by atoms with Gasteiger partial charge in [0.15, 0.2) is 0 Å². The molecule has 2 aromatic rings. The Hall–Kier alpha value is -1.22. The van der Waals surface area contributed by atoms with Crippen molar-refractivity contribution in [3.05, 3.63) is 35.5 Å². The molecule has 15 heavy (non-hydrogen) atoms. The third-order valence-electron chi connectivity index (χ3n) is 2.45. The Balaban J connectivity index is 2.68. The van der Waals surface area contributed by atoms with Gasteiger partial charge in [-0.05, 0) is 24.8 Å². The molecule has 0 aliphatic rings. The number of hydrogen-bond donors (Lipinski definition) is 1. The summed E-state index contributed by atoms with van der Waals surface area (Å²) in [5.74, 6) is 1.17. The molecule has 0 spiro atoms. The molecule has 0 atom stereocenters. The molecule has 2 rings (SSSR count). The van der Waals surface area contributed by atoms with Crippen molar-refractivity contribution in [3.8, 4) is 5.75 Å². The second kappa shape index (κ2) is 4.11. The van der Waals surface area contributed by atoms with Gasteiger partial charge in [-0.25, -0.2) is 0 Å². The van der Waals surface area contributed by atoms with Crippen LogP contribution in [-0.4, -0.2) is 16.3 Å². The van der Waals surface area contributed by atoms with Crippen LogP contribution in [0.3, 0.4) is 0 Å². The topological polar surface area (TPSA) is 33.1 Å². The van der Waals surface area contributed by atoms with E-state index in [-0.39, 0.29) is 0 Å². The van der Waals surface area contributed by atoms with Crippen LogP contribution in [0.2, 0.25) is 0 Å². The van der Waals surface area contributed by atoms with Crippen LogP contribution in [0.25, 0.3) is 10.9 Å². The fourth-order valence-corrected chi connectivity index (χ4v) is 2.18. The van der Waals surface area contributed by atoms with Crippen LogP contribution in [0, 0.1) is 6.92 Å². The molecule has 0 saturated carbocycles. The predicted molar refractivity (Wildman–Crippen MR) is 65.4 cm³/mol. The van der Waals surface area contributed by atoms with Crippen molar-refractivity contribution in [3.63, 3.8) is 0 Å². The van der Waals surface area contributed by atoms with Gasteiger partial charge in [0.25, 0.3) is 0 Å². The molecule has 1 aromatic carbocycles. The molecular weight excluding hydrogens is 206 g/mol. The Labute approximate surface area is 93.3 Å². The minimum Gasteiger partial charge on any atom is -0.507 e. The van der Waals surface area contributed by atoms with Gasteiger partial charge in [-0.1, -0.05) is 12.1 Å². The van der Waals surface area contributed by atoms with E-state index in [1.165, 1.54) is 0 Å². The minimum atomic E-state index is 0.373. The first-order valence-corrected chi connectivity index (χ1v) is 6.18. The Morgan fingerprint density at radius 2 is 2.20 bits per heavy atom. The summed E-state index contributed by atoms with van der Waals surface area (Å²) in [6, 6.07) is 5.86. The van der Waals surface area contributed by atoms with Crippen molar-refractivity contribution >= 4 is 22.7 Å². The van der Waals surface area contributed by atoms with E-state index in [2.05, 4.69) is 4.98 Å². The van der Waals surface area contributed by atoms with E-state index < -0.39 is 0 Å². The van der Waals surface area contributed by atoms with E-state index in [1.807, 2.05) is 31.4 Å². The molecule has 1 N–H and O–H groups in total. The number of aromatic hydroxyl groups is 1. The molecule has 78 valence electrons. The number of fused-ring (bicyclic) bond motifs is 1. The van der Waals surface area contributed by atoms with Gasteiger partial charge >= 0.3 is 0 Å². The zero-order valence-corrected chi connectivity index (χ0v) is 9.64. The number of hydrogen-bond acceptors (Lipinski definition) is 3. The molecule has 0 fully saturated rings. The number of nitrogens with zero attached hydrogens (tertiary/aromatic N) is 1. The molecule has 0 radical (unpaired) electrons. The normalized spacial score (nSPS) is 10.8. The third kappa shape index (κ3) is 1.79. The van der Waals surface area contributed by atoms with Gasteiger partial charge in [0.05, 0.1) is 5.52 Å². The number of pyridine rings is 1. The number of para-hydroxylation sites is 1. The summed E-state index contributed by atoms with van der Waals surface area (Å²) in [5, 5.41) is 10.9. The van der Waals surface area contributed by atoms with Gasteiger partial charge in [0.2, 0.25) is 0 Å². The highest BCUT2D eigenvalue weighted by molar-refractivity contribution is 7.97. The largest absolute Gasteiger partial charge is 0.507 e. The van der Waals surface area contributed by atoms with Gasteiger partial charge in [-0.3, -0.25) is 4.98 Å². The molecule has 3 heteroatoms. The first-order valence-electron chi connectivity index (χ1n) is 4.79. The molecule has 0 unspecified atom stereocenters. The molecule has 1 heterocycles. The molecule has 0 saturated heterocycles. The maximum Gasteiger partial charge on any atom is 0.130 e. The van der Waals surface area contributed by atoms with Crippen LogP contribution in [0.15, 0.2) is 24.4 Å². The van der Waals surface area contributed by atoms with E-state index in [1.54, 1.807) is 18.0 Å². The standard InChI is InChI=1S/C12H13NOS/c1-8-4-3-5-10-11(8)13-6-9(7-15-2)12(10)14/h3-6H,7H2,1-2H3,(H,13,14). The lowest BCUT2D eigenvalue weighted by molar-refractivity contribution is 0.476. The highest BCUT2D eigenvalue weighted by Gasteiger charge is 2.07. The number of rotatable bonds is 2. The monoisotopic (exact) mass is 219 g/mol. The maximum atomic E-state index is 10.1. The highest BCUT2D eigenvalue weighted by atomic mass is 32.2. The van der Waals surface area contributed by atoms with Crippen LogP contribution in [0.4, 0.5) is 0 Å². The van der Waals surface area contributed by atoms with E-state index in [9.17, 15) is 5.11 Å². The first kappa shape index (κ1) is 10.3. The summed E-state index contributed by atoms with van der Waals surface area (Å²) in [5.41, 5.74) is 2.89. The summed E-state index contributed by atoms with van der Waals surface area (Å²) >= 11 is 1.68. The molecule has 0 bridgehead atoms. The lowest BCUT2D eigenvalue weighted by atomic mass is 10.1. The van der Waals surface area contributed by atoms with Crippen molar-refractivity contribution in [2.45, 2.75) is 12.7 Å². The first-order chi connectivity index (χ1) is 7.24. The number of aryl methyl sites for hydroxylation is 1. The van der Waals surface area contributed by atoms with Crippen LogP contribution in [0.5, 0.6) is 5.75 Å². The fourth-order valence-electron chi connectivity index (χ4n) is 1.66. The van der Waals surface area contributed by atoms with Gasteiger partial charge in [0, 0.05) is 22.9 Å². The van der Waals surface area contributed by atoms with Crippen molar-refractivity contribution in [1.29, 1.82) is 0 Å². The number of thioether (sulfide) groups is 1. The Kier molecular flexibility index (Phi) is 2.82. The summed E-state index contributed by atoms with van der Waals surface area (Å²) in [4.78, 5) is 4.39. The van der Waals surface area contributed by atoms with Gasteiger partial charge in [0.1, 0.15) is 5.75 Å². The van der Waals surface area contributed by atoms with E-state index in [4.69, 9.17) is 0 Å². The summed E-state index contributed by atoms with van der Waals surface area (Å²) < 4.78 is 0. The van der Waals surface area contributed by atoms with Crippen LogP contribution in [0.1, 0.15) is 11.1 Å². The number of benzene rings is 1. The van der Waals surface area contributed by atoms with E-state index >= 15 is 0 Å². The molecule has 0 aliphatic heterocycles. The van der Waals surface area contributed by atoms with Crippen LogP contribution >= 0.6 is 11.8 Å². The fraction of sp³-hybridized carbons (Fsp3) is 0.250. The molecule has 1 aromatic heterocycles. The second-order valence-electron chi connectivity index (χ2n) is 3.54. The molecule has 0 amide bonds. The average molecular weight is 219 g/mol. The minimum absolute atomic E-state index is 0.373. The lowest BCUT2D eigenvalue weighted by Gasteiger charge is -2.07. The van der Waals surface area contributed by atoms with Gasteiger partial charge in [-0.2, -0.15) is 11.8 Å². The summed E-state index contributed by atoms with van der Waals surface area (Å²) in [6.45, 7) is 2.00. The summed E-state index contributed by atoms with van der Waals surface area (Å²) in [7, 11) is 0. The Morgan fingerprint density at radius 3 is 2.93 bits per heavy atom. The SMILES string of the molecule is CSCc1cnc2c(C)cccc2c1O. The maximum absolute atomic E-state index is 10.1. The Bertz CT molecular complexity index is 496. The van der Waals surface area contributed by atoms with Crippen molar-refractivity contribution in [1.82, 2.24) is 4.98 Å². The second-order valence-corrected chi connectivity index (χ2v) is 4.40. The lowest BCUT2D eigenvalue weighted by Crippen LogP contribution is -1.89. The van der Waals surface area contributed by atoms with Crippen molar-refractivity contribution < 1.29 is 5.11 Å². The molecule has 0 aliphatic carbocycles. The highest BCUT2D eigenvalue weighted by Crippen LogP contribution is 2.30. The van der Waals surface area contributed by atoms with Gasteiger partial charge < -0.3 is 5.11 Å². The molecular formula is C12H13NOS. The third-order valence-corrected chi connectivity index (χ3v) is 3.05. The van der Waals surface area contributed by atoms with E-state index in [0.29, 0.717) is 5.75 Å². The summed E-state index contributed by atoms with van der Waals surface area (Å²) in [6.07, 6.45) is 3.78. The number of aromatic nitrogens is 1. The average Bonchev–Trinajstić information content (AvgIpc) is 2.23. The van der Waals surface area contributed by atoms with E-state index in [0.717, 1.165) is 27.8 Å². The van der Waals surface area contributed by atoms with Crippen molar-refractivity contribution in [2.75, 3.05) is 6.26 Å². The van der Waals surface area contributed by atoms with Crippen LogP contribution < -0.4 is 0 Å². The predicted octanol–water partition coefficient (Wildman–Crippen LogP) is 3.11. The van der Waals surface area contributed by atoms with Crippen molar-refractivity contribution in [2.24, 2.45) is 0 Å². The Morgan fingerprint density at radius 1 is 1.40 bits per heavy atom. The van der Waals surface area contributed by atoms with Gasteiger partial charge in [-0.15, -0.1) is 0 Å². The molecule has 2 nitrogen and oxygen atoms in total. The zero-order chi connectivity index (χ0) is 10.8.